The second-order valence-corrected chi connectivity index (χ2v) is 4.88. The Bertz CT molecular complexity index is 445. The van der Waals surface area contributed by atoms with Gasteiger partial charge in [0.1, 0.15) is 5.75 Å². The molecule has 4 heteroatoms. The van der Waals surface area contributed by atoms with E-state index in [-0.39, 0.29) is 6.42 Å². The van der Waals surface area contributed by atoms with Gasteiger partial charge in [-0.15, -0.1) is 0 Å². The maximum absolute atomic E-state index is 10.5. The normalized spacial score (nSPS) is 14.8. The smallest absolute Gasteiger partial charge is 0.303 e. The molecular weight excluding hydrogens is 242 g/mol. The van der Waals surface area contributed by atoms with Crippen LogP contribution >= 0.6 is 0 Å². The van der Waals surface area contributed by atoms with Crippen molar-refractivity contribution >= 4 is 5.97 Å². The molecule has 0 saturated heterocycles. The number of hydrogen-bond donors (Lipinski definition) is 2. The van der Waals surface area contributed by atoms with E-state index in [0.717, 1.165) is 31.7 Å². The zero-order valence-corrected chi connectivity index (χ0v) is 11.3. The summed E-state index contributed by atoms with van der Waals surface area (Å²) in [6, 6.07) is 6.64. The van der Waals surface area contributed by atoms with Crippen molar-refractivity contribution in [1.82, 2.24) is 5.32 Å². The van der Waals surface area contributed by atoms with E-state index in [4.69, 9.17) is 9.84 Å². The van der Waals surface area contributed by atoms with E-state index in [1.54, 1.807) is 0 Å². The Balaban J connectivity index is 1.92. The Hall–Kier alpha value is -1.55. The number of rotatable bonds is 7. The molecule has 0 saturated carbocycles. The Morgan fingerprint density at radius 3 is 3.11 bits per heavy atom. The van der Waals surface area contributed by atoms with Gasteiger partial charge in [-0.05, 0) is 36.6 Å². The first-order chi connectivity index (χ1) is 9.20. The highest BCUT2D eigenvalue weighted by atomic mass is 16.5. The first-order valence-corrected chi connectivity index (χ1v) is 6.91. The van der Waals surface area contributed by atoms with Gasteiger partial charge in [0.2, 0.25) is 0 Å². The molecule has 19 heavy (non-hydrogen) atoms. The predicted octanol–water partition coefficient (Wildman–Crippen LogP) is 2.53. The molecule has 104 valence electrons. The number of benzene rings is 1. The molecule has 1 aliphatic heterocycles. The van der Waals surface area contributed by atoms with Crippen LogP contribution in [0.5, 0.6) is 5.75 Å². The number of aliphatic carboxylic acids is 1. The van der Waals surface area contributed by atoms with Crippen molar-refractivity contribution in [3.63, 3.8) is 0 Å². The average molecular weight is 263 g/mol. The minimum Gasteiger partial charge on any atom is -0.493 e. The van der Waals surface area contributed by atoms with Crippen LogP contribution in [0.15, 0.2) is 18.2 Å². The minimum absolute atomic E-state index is 0.224. The molecule has 1 atom stereocenters. The fraction of sp³-hybridized carbons (Fsp3) is 0.533. The summed E-state index contributed by atoms with van der Waals surface area (Å²) < 4.78 is 5.51. The van der Waals surface area contributed by atoms with Crippen LogP contribution in [0.25, 0.3) is 0 Å². The summed E-state index contributed by atoms with van der Waals surface area (Å²) in [4.78, 5) is 10.5. The molecule has 1 aliphatic rings. The lowest BCUT2D eigenvalue weighted by Gasteiger charge is -2.18. The summed E-state index contributed by atoms with van der Waals surface area (Å²) in [6.45, 7) is 3.65. The molecule has 4 nitrogen and oxygen atoms in total. The third-order valence-corrected chi connectivity index (χ3v) is 3.48. The highest BCUT2D eigenvalue weighted by Gasteiger charge is 2.15. The topological polar surface area (TPSA) is 58.6 Å². The molecule has 0 fully saturated rings. The summed E-state index contributed by atoms with van der Waals surface area (Å²) in [5.41, 5.74) is 2.55. The van der Waals surface area contributed by atoms with Crippen molar-refractivity contribution < 1.29 is 14.6 Å². The molecule has 1 unspecified atom stereocenters. The molecule has 0 bridgehead atoms. The summed E-state index contributed by atoms with van der Waals surface area (Å²) in [5.74, 6) is 0.272. The second-order valence-electron chi connectivity index (χ2n) is 4.88. The van der Waals surface area contributed by atoms with Crippen LogP contribution in [-0.2, 0) is 11.2 Å². The number of carbonyl (C=O) groups is 1. The van der Waals surface area contributed by atoms with Gasteiger partial charge in [0, 0.05) is 18.9 Å². The van der Waals surface area contributed by atoms with Gasteiger partial charge >= 0.3 is 5.97 Å². The van der Waals surface area contributed by atoms with Crippen molar-refractivity contribution in [2.24, 2.45) is 0 Å². The first-order valence-electron chi connectivity index (χ1n) is 6.91. The van der Waals surface area contributed by atoms with Crippen LogP contribution in [0, 0.1) is 0 Å². The van der Waals surface area contributed by atoms with E-state index in [0.29, 0.717) is 12.5 Å². The van der Waals surface area contributed by atoms with Crippen molar-refractivity contribution in [2.45, 2.75) is 38.6 Å². The minimum atomic E-state index is -0.732. The van der Waals surface area contributed by atoms with E-state index in [2.05, 4.69) is 24.4 Å². The molecule has 2 N–H and O–H groups in total. The van der Waals surface area contributed by atoms with E-state index in [9.17, 15) is 4.79 Å². The van der Waals surface area contributed by atoms with Gasteiger partial charge in [-0.2, -0.15) is 0 Å². The number of nitrogens with one attached hydrogen (secondary N) is 1. The molecule has 1 aromatic rings. The highest BCUT2D eigenvalue weighted by molar-refractivity contribution is 5.66. The Morgan fingerprint density at radius 1 is 1.53 bits per heavy atom. The van der Waals surface area contributed by atoms with Crippen LogP contribution in [0.3, 0.4) is 0 Å². The number of hydrogen-bond acceptors (Lipinski definition) is 3. The summed E-state index contributed by atoms with van der Waals surface area (Å²) in [7, 11) is 0. The summed E-state index contributed by atoms with van der Waals surface area (Å²) >= 11 is 0. The Kier molecular flexibility index (Phi) is 4.80. The van der Waals surface area contributed by atoms with Crippen LogP contribution in [-0.4, -0.2) is 24.2 Å². The van der Waals surface area contributed by atoms with Gasteiger partial charge in [0.25, 0.3) is 0 Å². The third kappa shape index (κ3) is 3.70. The van der Waals surface area contributed by atoms with E-state index < -0.39 is 5.97 Å². The summed E-state index contributed by atoms with van der Waals surface area (Å²) in [6.07, 6.45) is 2.87. The lowest BCUT2D eigenvalue weighted by atomic mass is 10.0. The van der Waals surface area contributed by atoms with Crippen LogP contribution in [0.1, 0.15) is 43.4 Å². The van der Waals surface area contributed by atoms with Crippen molar-refractivity contribution in [2.75, 3.05) is 13.2 Å². The third-order valence-electron chi connectivity index (χ3n) is 3.48. The predicted molar refractivity (Wildman–Crippen MR) is 73.5 cm³/mol. The second kappa shape index (κ2) is 6.57. The molecule has 0 spiro atoms. The van der Waals surface area contributed by atoms with Crippen LogP contribution < -0.4 is 10.1 Å². The van der Waals surface area contributed by atoms with Crippen LogP contribution in [0.2, 0.25) is 0 Å². The monoisotopic (exact) mass is 263 g/mol. The van der Waals surface area contributed by atoms with Gasteiger partial charge in [-0.3, -0.25) is 4.79 Å². The highest BCUT2D eigenvalue weighted by Crippen LogP contribution is 2.29. The lowest BCUT2D eigenvalue weighted by molar-refractivity contribution is -0.137. The molecule has 0 radical (unpaired) electrons. The maximum atomic E-state index is 10.5. The van der Waals surface area contributed by atoms with Crippen molar-refractivity contribution in [1.29, 1.82) is 0 Å². The summed E-state index contributed by atoms with van der Waals surface area (Å²) in [5, 5.41) is 12.0. The lowest BCUT2D eigenvalue weighted by Crippen LogP contribution is -2.22. The van der Waals surface area contributed by atoms with E-state index >= 15 is 0 Å². The van der Waals surface area contributed by atoms with E-state index in [1.165, 1.54) is 11.1 Å². The molecular formula is C15H21NO3. The van der Waals surface area contributed by atoms with E-state index in [1.807, 2.05) is 6.07 Å². The number of carboxylic acid groups (broad SMARTS) is 1. The molecule has 0 aliphatic carbocycles. The average Bonchev–Trinajstić information content (AvgIpc) is 2.85. The number of carboxylic acids is 1. The largest absolute Gasteiger partial charge is 0.493 e. The molecule has 2 rings (SSSR count). The van der Waals surface area contributed by atoms with Gasteiger partial charge in [0.05, 0.1) is 6.61 Å². The molecule has 0 aromatic heterocycles. The van der Waals surface area contributed by atoms with Gasteiger partial charge < -0.3 is 15.2 Å². The molecule has 1 aromatic carbocycles. The quantitative estimate of drug-likeness (QED) is 0.742. The van der Waals surface area contributed by atoms with Crippen LogP contribution in [0.4, 0.5) is 0 Å². The fourth-order valence-corrected chi connectivity index (χ4v) is 2.44. The zero-order valence-electron chi connectivity index (χ0n) is 11.3. The Morgan fingerprint density at radius 2 is 2.37 bits per heavy atom. The first kappa shape index (κ1) is 13.9. The van der Waals surface area contributed by atoms with Crippen molar-refractivity contribution in [3.05, 3.63) is 29.3 Å². The molecule has 1 heterocycles. The molecule has 0 amide bonds. The van der Waals surface area contributed by atoms with Gasteiger partial charge in [-0.1, -0.05) is 19.1 Å². The van der Waals surface area contributed by atoms with Crippen molar-refractivity contribution in [3.8, 4) is 5.75 Å². The Labute approximate surface area is 113 Å². The van der Waals surface area contributed by atoms with Gasteiger partial charge in [-0.25, -0.2) is 0 Å². The number of ether oxygens (including phenoxy) is 1. The SMILES string of the molecule is CCC(NCCCC(=O)O)c1ccc2c(c1)CCO2. The fourth-order valence-electron chi connectivity index (χ4n) is 2.44. The standard InChI is InChI=1S/C15H21NO3/c1-2-13(16-8-3-4-15(17)18)11-5-6-14-12(10-11)7-9-19-14/h5-6,10,13,16H,2-4,7-9H2,1H3,(H,17,18). The number of fused-ring (bicyclic) bond motifs is 1. The van der Waals surface area contributed by atoms with Gasteiger partial charge in [0.15, 0.2) is 0 Å². The maximum Gasteiger partial charge on any atom is 0.303 e. The zero-order chi connectivity index (χ0) is 13.7.